The lowest BCUT2D eigenvalue weighted by molar-refractivity contribution is 0.166. The van der Waals surface area contributed by atoms with E-state index in [2.05, 4.69) is 45.5 Å². The maximum Gasteiger partial charge on any atom is 0.257 e. The maximum atomic E-state index is 5.41. The quantitative estimate of drug-likeness (QED) is 0.873. The minimum absolute atomic E-state index is 0.629. The molecule has 2 aliphatic heterocycles. The van der Waals surface area contributed by atoms with Gasteiger partial charge < -0.3 is 14.7 Å². The van der Waals surface area contributed by atoms with Gasteiger partial charge in [0.25, 0.3) is 5.89 Å². The molecule has 25 heavy (non-hydrogen) atoms. The normalized spacial score (nSPS) is 23.7. The summed E-state index contributed by atoms with van der Waals surface area (Å²) < 4.78 is 5.41. The number of piperidine rings is 1. The predicted octanol–water partition coefficient (Wildman–Crippen LogP) is 3.41. The predicted molar refractivity (Wildman–Crippen MR) is 98.2 cm³/mol. The smallest absolute Gasteiger partial charge is 0.257 e. The molecule has 0 spiro atoms. The molecule has 1 aromatic carbocycles. The zero-order valence-electron chi connectivity index (χ0n) is 15.1. The Morgan fingerprint density at radius 1 is 1.28 bits per heavy atom. The number of fused-ring (bicyclic) bond motifs is 1. The van der Waals surface area contributed by atoms with E-state index in [1.165, 1.54) is 44.3 Å². The highest BCUT2D eigenvalue weighted by molar-refractivity contribution is 5.54. The molecule has 2 atom stereocenters. The number of aryl methyl sites for hydroxylation is 1. The van der Waals surface area contributed by atoms with E-state index >= 15 is 0 Å². The molecule has 2 aromatic rings. The largest absolute Gasteiger partial charge is 0.334 e. The highest BCUT2D eigenvalue weighted by atomic mass is 16.5. The van der Waals surface area contributed by atoms with Gasteiger partial charge in [-0.05, 0) is 62.9 Å². The molecule has 0 bridgehead atoms. The Kier molecular flexibility index (Phi) is 5.13. The summed E-state index contributed by atoms with van der Waals surface area (Å²) in [6, 6.07) is 9.92. The third-order valence-electron chi connectivity index (χ3n) is 5.53. The minimum atomic E-state index is 0.629. The molecule has 3 heterocycles. The van der Waals surface area contributed by atoms with Gasteiger partial charge in [0.15, 0.2) is 5.82 Å². The van der Waals surface area contributed by atoms with Crippen LogP contribution in [0.4, 0.5) is 0 Å². The highest BCUT2D eigenvalue weighted by Crippen LogP contribution is 2.27. The summed E-state index contributed by atoms with van der Waals surface area (Å²) in [5.74, 6) is 1.42. The van der Waals surface area contributed by atoms with E-state index in [0.29, 0.717) is 11.9 Å². The Hall–Kier alpha value is -1.72. The Labute approximate surface area is 149 Å². The van der Waals surface area contributed by atoms with Gasteiger partial charge in [0.1, 0.15) is 0 Å². The van der Waals surface area contributed by atoms with E-state index in [-0.39, 0.29) is 0 Å². The first kappa shape index (κ1) is 16.7. The average molecular weight is 340 g/mol. The number of aromatic nitrogens is 2. The van der Waals surface area contributed by atoms with E-state index in [1.54, 1.807) is 0 Å². The van der Waals surface area contributed by atoms with Gasteiger partial charge in [0, 0.05) is 30.6 Å². The van der Waals surface area contributed by atoms with Crippen LogP contribution in [0, 0.1) is 0 Å². The second-order valence-corrected chi connectivity index (χ2v) is 7.40. The molecule has 5 nitrogen and oxygen atoms in total. The summed E-state index contributed by atoms with van der Waals surface area (Å²) in [5, 5.41) is 7.82. The molecule has 2 aliphatic rings. The molecule has 2 saturated heterocycles. The van der Waals surface area contributed by atoms with E-state index in [4.69, 9.17) is 4.52 Å². The maximum absolute atomic E-state index is 5.41. The topological polar surface area (TPSA) is 54.2 Å². The number of nitrogens with zero attached hydrogens (tertiary/aromatic N) is 3. The first-order valence-electron chi connectivity index (χ1n) is 9.71. The van der Waals surface area contributed by atoms with Crippen LogP contribution in [0.1, 0.15) is 50.4 Å². The summed E-state index contributed by atoms with van der Waals surface area (Å²) in [6.45, 7) is 5.59. The third-order valence-corrected chi connectivity index (χ3v) is 5.53. The van der Waals surface area contributed by atoms with Crippen LogP contribution in [0.3, 0.4) is 0 Å². The fraction of sp³-hybridized carbons (Fsp3) is 0.600. The van der Waals surface area contributed by atoms with Crippen molar-refractivity contribution in [3.8, 4) is 11.5 Å². The second-order valence-electron chi connectivity index (χ2n) is 7.40. The van der Waals surface area contributed by atoms with E-state index < -0.39 is 0 Å². The van der Waals surface area contributed by atoms with Gasteiger partial charge in [-0.3, -0.25) is 0 Å². The van der Waals surface area contributed by atoms with Crippen molar-refractivity contribution in [1.29, 1.82) is 0 Å². The van der Waals surface area contributed by atoms with Crippen molar-refractivity contribution < 1.29 is 4.52 Å². The molecule has 2 fully saturated rings. The summed E-state index contributed by atoms with van der Waals surface area (Å²) in [7, 11) is 0. The molecular formula is C20H28N4O. The fourth-order valence-corrected chi connectivity index (χ4v) is 4.18. The lowest BCUT2D eigenvalue weighted by Crippen LogP contribution is -2.45. The number of hydrogen-bond donors (Lipinski definition) is 1. The Bertz CT molecular complexity index is 699. The SMILES string of the molecule is CCCc1noc(-c2cccc(CN[C@H]3CCN4CCC[C@H]4C3)c2)n1. The van der Waals surface area contributed by atoms with E-state index in [9.17, 15) is 0 Å². The standard InChI is InChI=1S/C20H28N4O/c1-2-5-19-22-20(25-23-19)16-7-3-6-15(12-16)14-21-17-9-11-24-10-4-8-18(24)13-17/h3,6-7,12,17-18,21H,2,4-5,8-11,13-14H2,1H3/t17-,18-/m0/s1. The van der Waals surface area contributed by atoms with Crippen LogP contribution in [0.2, 0.25) is 0 Å². The molecule has 1 N–H and O–H groups in total. The number of benzene rings is 1. The zero-order chi connectivity index (χ0) is 17.1. The third kappa shape index (κ3) is 3.93. The first-order valence-corrected chi connectivity index (χ1v) is 9.71. The molecule has 0 aliphatic carbocycles. The Morgan fingerprint density at radius 2 is 2.24 bits per heavy atom. The Balaban J connectivity index is 1.36. The van der Waals surface area contributed by atoms with Crippen LogP contribution in [0.15, 0.2) is 28.8 Å². The molecular weight excluding hydrogens is 312 g/mol. The molecule has 0 unspecified atom stereocenters. The number of rotatable bonds is 6. The summed E-state index contributed by atoms with van der Waals surface area (Å²) in [5.41, 5.74) is 2.29. The molecule has 0 saturated carbocycles. The average Bonchev–Trinajstić information content (AvgIpc) is 3.29. The van der Waals surface area contributed by atoms with E-state index in [1.807, 2.05) is 6.07 Å². The van der Waals surface area contributed by atoms with Gasteiger partial charge in [-0.15, -0.1) is 0 Å². The minimum Gasteiger partial charge on any atom is -0.334 e. The van der Waals surface area contributed by atoms with Crippen molar-refractivity contribution in [2.45, 2.75) is 64.1 Å². The van der Waals surface area contributed by atoms with Gasteiger partial charge >= 0.3 is 0 Å². The summed E-state index contributed by atoms with van der Waals surface area (Å²) >= 11 is 0. The molecule has 134 valence electrons. The lowest BCUT2D eigenvalue weighted by Gasteiger charge is -2.35. The summed E-state index contributed by atoms with van der Waals surface area (Å²) in [6.07, 6.45) is 7.21. The Morgan fingerprint density at radius 3 is 3.16 bits per heavy atom. The van der Waals surface area contributed by atoms with Crippen LogP contribution >= 0.6 is 0 Å². The number of nitrogens with one attached hydrogen (secondary N) is 1. The molecule has 0 radical (unpaired) electrons. The van der Waals surface area contributed by atoms with Crippen molar-refractivity contribution in [1.82, 2.24) is 20.4 Å². The monoisotopic (exact) mass is 340 g/mol. The van der Waals surface area contributed by atoms with E-state index in [0.717, 1.165) is 36.8 Å². The highest BCUT2D eigenvalue weighted by Gasteiger charge is 2.31. The van der Waals surface area contributed by atoms with Crippen LogP contribution in [0.25, 0.3) is 11.5 Å². The van der Waals surface area contributed by atoms with Gasteiger partial charge in [-0.2, -0.15) is 4.98 Å². The lowest BCUT2D eigenvalue weighted by atomic mass is 9.97. The van der Waals surface area contributed by atoms with Crippen LogP contribution in [-0.2, 0) is 13.0 Å². The van der Waals surface area contributed by atoms with Gasteiger partial charge in [-0.1, -0.05) is 24.2 Å². The molecule has 5 heteroatoms. The van der Waals surface area contributed by atoms with Crippen molar-refractivity contribution in [2.24, 2.45) is 0 Å². The van der Waals surface area contributed by atoms with Crippen molar-refractivity contribution in [2.75, 3.05) is 13.1 Å². The molecule has 4 rings (SSSR count). The zero-order valence-corrected chi connectivity index (χ0v) is 15.1. The van der Waals surface area contributed by atoms with Crippen molar-refractivity contribution in [3.63, 3.8) is 0 Å². The molecule has 1 aromatic heterocycles. The van der Waals surface area contributed by atoms with Crippen LogP contribution in [-0.4, -0.2) is 40.2 Å². The van der Waals surface area contributed by atoms with Gasteiger partial charge in [0.2, 0.25) is 0 Å². The van der Waals surface area contributed by atoms with Crippen LogP contribution < -0.4 is 5.32 Å². The second kappa shape index (κ2) is 7.67. The summed E-state index contributed by atoms with van der Waals surface area (Å²) in [4.78, 5) is 7.16. The molecule has 0 amide bonds. The first-order chi connectivity index (χ1) is 12.3. The van der Waals surface area contributed by atoms with Gasteiger partial charge in [-0.25, -0.2) is 0 Å². The van der Waals surface area contributed by atoms with Crippen molar-refractivity contribution >= 4 is 0 Å². The fourth-order valence-electron chi connectivity index (χ4n) is 4.18. The van der Waals surface area contributed by atoms with Crippen molar-refractivity contribution in [3.05, 3.63) is 35.7 Å². The van der Waals surface area contributed by atoms with Gasteiger partial charge in [0.05, 0.1) is 0 Å². The number of hydrogen-bond acceptors (Lipinski definition) is 5. The van der Waals surface area contributed by atoms with Crippen LogP contribution in [0.5, 0.6) is 0 Å².